The Bertz CT molecular complexity index is 150. The van der Waals surface area contributed by atoms with Gasteiger partial charge in [-0.2, -0.15) is 11.8 Å². The van der Waals surface area contributed by atoms with Crippen LogP contribution in [0.4, 0.5) is 0 Å². The van der Waals surface area contributed by atoms with Crippen molar-refractivity contribution in [1.29, 1.82) is 0 Å². The fraction of sp³-hybridized carbons (Fsp3) is 1.00. The van der Waals surface area contributed by atoms with E-state index in [0.717, 1.165) is 17.2 Å². The summed E-state index contributed by atoms with van der Waals surface area (Å²) >= 11 is 2.16. The molecule has 1 aliphatic heterocycles. The van der Waals surface area contributed by atoms with E-state index in [2.05, 4.69) is 24.0 Å². The first-order valence-electron chi connectivity index (χ1n) is 5.69. The van der Waals surface area contributed by atoms with Gasteiger partial charge in [0.1, 0.15) is 0 Å². The zero-order chi connectivity index (χ0) is 9.10. The van der Waals surface area contributed by atoms with Gasteiger partial charge in [0, 0.05) is 17.8 Å². The predicted octanol–water partition coefficient (Wildman–Crippen LogP) is 2.66. The maximum absolute atomic E-state index is 3.68. The van der Waals surface area contributed by atoms with Crippen molar-refractivity contribution in [3.8, 4) is 0 Å². The second-order valence-electron chi connectivity index (χ2n) is 4.62. The fourth-order valence-corrected chi connectivity index (χ4v) is 3.29. The molecule has 1 saturated heterocycles. The second-order valence-corrected chi connectivity index (χ2v) is 6.03. The van der Waals surface area contributed by atoms with Crippen molar-refractivity contribution in [3.05, 3.63) is 0 Å². The summed E-state index contributed by atoms with van der Waals surface area (Å²) in [5, 5.41) is 4.59. The van der Waals surface area contributed by atoms with Crippen LogP contribution < -0.4 is 5.32 Å². The van der Waals surface area contributed by atoms with Gasteiger partial charge in [0.2, 0.25) is 0 Å². The first-order valence-corrected chi connectivity index (χ1v) is 6.74. The molecule has 2 aliphatic rings. The van der Waals surface area contributed by atoms with Crippen LogP contribution in [0.1, 0.15) is 39.0 Å². The summed E-state index contributed by atoms with van der Waals surface area (Å²) in [7, 11) is 0. The molecule has 2 rings (SSSR count). The lowest BCUT2D eigenvalue weighted by Crippen LogP contribution is -2.31. The van der Waals surface area contributed by atoms with Gasteiger partial charge in [0.05, 0.1) is 0 Å². The molecule has 1 N–H and O–H groups in total. The molecular formula is C11H21NS. The number of hydrogen-bond acceptors (Lipinski definition) is 2. The van der Waals surface area contributed by atoms with E-state index in [-0.39, 0.29) is 0 Å². The van der Waals surface area contributed by atoms with Gasteiger partial charge in [-0.05, 0) is 37.9 Å². The predicted molar refractivity (Wildman–Crippen MR) is 60.3 cm³/mol. The van der Waals surface area contributed by atoms with Crippen molar-refractivity contribution in [2.24, 2.45) is 5.92 Å². The maximum Gasteiger partial charge on any atom is 0.0172 e. The van der Waals surface area contributed by atoms with E-state index in [9.17, 15) is 0 Å². The van der Waals surface area contributed by atoms with Crippen molar-refractivity contribution < 1.29 is 0 Å². The van der Waals surface area contributed by atoms with Crippen LogP contribution >= 0.6 is 11.8 Å². The summed E-state index contributed by atoms with van der Waals surface area (Å²) in [4.78, 5) is 0. The van der Waals surface area contributed by atoms with Crippen LogP contribution in [0.25, 0.3) is 0 Å². The largest absolute Gasteiger partial charge is 0.313 e. The number of thioether (sulfide) groups is 1. The number of hydrogen-bond donors (Lipinski definition) is 1. The Labute approximate surface area is 86.0 Å². The normalized spacial score (nSPS) is 30.7. The van der Waals surface area contributed by atoms with Crippen molar-refractivity contribution in [2.75, 3.05) is 12.3 Å². The summed E-state index contributed by atoms with van der Waals surface area (Å²) in [5.74, 6) is 2.46. The molecule has 0 radical (unpaired) electrons. The highest BCUT2D eigenvalue weighted by Crippen LogP contribution is 2.33. The van der Waals surface area contributed by atoms with Gasteiger partial charge >= 0.3 is 0 Å². The van der Waals surface area contributed by atoms with Crippen LogP contribution in [0.3, 0.4) is 0 Å². The van der Waals surface area contributed by atoms with E-state index in [4.69, 9.17) is 0 Å². The quantitative estimate of drug-likeness (QED) is 0.730. The highest BCUT2D eigenvalue weighted by Gasteiger charge is 2.24. The number of nitrogens with one attached hydrogen (secondary N) is 1. The van der Waals surface area contributed by atoms with Crippen molar-refractivity contribution in [3.63, 3.8) is 0 Å². The molecule has 0 amide bonds. The van der Waals surface area contributed by atoms with E-state index >= 15 is 0 Å². The first-order chi connectivity index (χ1) is 6.34. The van der Waals surface area contributed by atoms with Gasteiger partial charge in [-0.1, -0.05) is 12.8 Å². The minimum atomic E-state index is 0.758. The Kier molecular flexibility index (Phi) is 3.56. The summed E-state index contributed by atoms with van der Waals surface area (Å²) in [6.07, 6.45) is 7.27. The minimum Gasteiger partial charge on any atom is -0.313 e. The number of rotatable bonds is 5. The Morgan fingerprint density at radius 3 is 2.85 bits per heavy atom. The molecule has 1 saturated carbocycles. The molecule has 0 aromatic heterocycles. The van der Waals surface area contributed by atoms with Crippen molar-refractivity contribution in [2.45, 2.75) is 50.3 Å². The molecule has 1 aliphatic carbocycles. The average molecular weight is 199 g/mol. The first kappa shape index (κ1) is 9.85. The highest BCUT2D eigenvalue weighted by atomic mass is 32.2. The molecule has 1 heterocycles. The monoisotopic (exact) mass is 199 g/mol. The van der Waals surface area contributed by atoms with E-state index < -0.39 is 0 Å². The van der Waals surface area contributed by atoms with E-state index in [1.165, 1.54) is 44.4 Å². The standard InChI is InChI=1S/C11H21NS/c1-9(7-10-4-5-10)12-8-11-3-2-6-13-11/h9-12H,2-8H2,1H3. The molecule has 2 fully saturated rings. The maximum atomic E-state index is 3.68. The van der Waals surface area contributed by atoms with Crippen molar-refractivity contribution >= 4 is 11.8 Å². The highest BCUT2D eigenvalue weighted by molar-refractivity contribution is 8.00. The third-order valence-corrected chi connectivity index (χ3v) is 4.50. The average Bonchev–Trinajstić information content (AvgIpc) is 2.78. The zero-order valence-electron chi connectivity index (χ0n) is 8.59. The van der Waals surface area contributed by atoms with Crippen LogP contribution in [-0.2, 0) is 0 Å². The zero-order valence-corrected chi connectivity index (χ0v) is 9.41. The molecule has 1 nitrogen and oxygen atoms in total. The summed E-state index contributed by atoms with van der Waals surface area (Å²) in [6.45, 7) is 3.59. The van der Waals surface area contributed by atoms with Crippen molar-refractivity contribution in [1.82, 2.24) is 5.32 Å². The molecule has 0 bridgehead atoms. The Morgan fingerprint density at radius 2 is 2.23 bits per heavy atom. The molecule has 0 spiro atoms. The Hall–Kier alpha value is 0.310. The smallest absolute Gasteiger partial charge is 0.0172 e. The molecule has 0 aromatic carbocycles. The summed E-state index contributed by atoms with van der Waals surface area (Å²) in [5.41, 5.74) is 0. The summed E-state index contributed by atoms with van der Waals surface area (Å²) in [6, 6.07) is 0.758. The molecule has 13 heavy (non-hydrogen) atoms. The van der Waals surface area contributed by atoms with Crippen LogP contribution in [0.15, 0.2) is 0 Å². The molecule has 0 aromatic rings. The van der Waals surface area contributed by atoms with Gasteiger partial charge in [0.15, 0.2) is 0 Å². The van der Waals surface area contributed by atoms with Gasteiger partial charge in [-0.3, -0.25) is 0 Å². The minimum absolute atomic E-state index is 0.758. The lowest BCUT2D eigenvalue weighted by Gasteiger charge is -2.16. The lowest BCUT2D eigenvalue weighted by atomic mass is 10.1. The Morgan fingerprint density at radius 1 is 1.38 bits per heavy atom. The van der Waals surface area contributed by atoms with Gasteiger partial charge in [0.25, 0.3) is 0 Å². The van der Waals surface area contributed by atoms with Crippen LogP contribution in [-0.4, -0.2) is 23.6 Å². The van der Waals surface area contributed by atoms with Crippen LogP contribution in [0.5, 0.6) is 0 Å². The molecule has 2 unspecified atom stereocenters. The van der Waals surface area contributed by atoms with E-state index in [1.807, 2.05) is 0 Å². The second kappa shape index (κ2) is 4.70. The lowest BCUT2D eigenvalue weighted by molar-refractivity contribution is 0.484. The summed E-state index contributed by atoms with van der Waals surface area (Å²) < 4.78 is 0. The van der Waals surface area contributed by atoms with Gasteiger partial charge in [-0.25, -0.2) is 0 Å². The van der Waals surface area contributed by atoms with Gasteiger partial charge in [-0.15, -0.1) is 0 Å². The molecule has 2 heteroatoms. The Balaban J connectivity index is 1.54. The van der Waals surface area contributed by atoms with Crippen LogP contribution in [0, 0.1) is 5.92 Å². The molecule has 2 atom stereocenters. The third kappa shape index (κ3) is 3.51. The van der Waals surface area contributed by atoms with E-state index in [1.54, 1.807) is 0 Å². The van der Waals surface area contributed by atoms with Gasteiger partial charge < -0.3 is 5.32 Å². The fourth-order valence-electron chi connectivity index (χ4n) is 2.07. The molecular weight excluding hydrogens is 178 g/mol. The SMILES string of the molecule is CC(CC1CC1)NCC1CCCS1. The third-order valence-electron chi connectivity index (χ3n) is 3.10. The van der Waals surface area contributed by atoms with Crippen LogP contribution in [0.2, 0.25) is 0 Å². The molecule has 76 valence electrons. The van der Waals surface area contributed by atoms with E-state index in [0.29, 0.717) is 0 Å². The topological polar surface area (TPSA) is 12.0 Å².